The molecule has 0 bridgehead atoms. The molecule has 3 heteroatoms. The fraction of sp³-hybridized carbons (Fsp3) is 0.533. The van der Waals surface area contributed by atoms with E-state index in [4.69, 9.17) is 0 Å². The molecule has 98 valence electrons. The minimum atomic E-state index is -0.119. The van der Waals surface area contributed by atoms with E-state index >= 15 is 0 Å². The summed E-state index contributed by atoms with van der Waals surface area (Å²) < 4.78 is 0. The Bertz CT molecular complexity index is 438. The second kappa shape index (κ2) is 5.11. The average Bonchev–Trinajstić information content (AvgIpc) is 3.12. The molecule has 3 nitrogen and oxygen atoms in total. The first-order valence-electron chi connectivity index (χ1n) is 6.54. The lowest BCUT2D eigenvalue weighted by Gasteiger charge is -2.24. The van der Waals surface area contributed by atoms with Crippen LogP contribution in [-0.2, 0) is 11.3 Å². The third kappa shape index (κ3) is 2.56. The van der Waals surface area contributed by atoms with E-state index in [-0.39, 0.29) is 11.3 Å². The third-order valence-corrected chi connectivity index (χ3v) is 3.84. The first-order chi connectivity index (χ1) is 8.59. The predicted octanol–water partition coefficient (Wildman–Crippen LogP) is 1.95. The number of amides is 1. The van der Waals surface area contributed by atoms with Crippen molar-refractivity contribution in [3.8, 4) is 0 Å². The van der Waals surface area contributed by atoms with Gasteiger partial charge in [-0.05, 0) is 37.9 Å². The van der Waals surface area contributed by atoms with E-state index in [1.807, 2.05) is 31.1 Å². The van der Waals surface area contributed by atoms with Gasteiger partial charge >= 0.3 is 0 Å². The Morgan fingerprint density at radius 2 is 2.06 bits per heavy atom. The summed E-state index contributed by atoms with van der Waals surface area (Å²) in [5.74, 6) is 0.278. The van der Waals surface area contributed by atoms with E-state index in [0.717, 1.165) is 19.4 Å². The van der Waals surface area contributed by atoms with Crippen LogP contribution in [0.15, 0.2) is 24.3 Å². The van der Waals surface area contributed by atoms with Gasteiger partial charge in [0.2, 0.25) is 5.91 Å². The smallest absolute Gasteiger partial charge is 0.230 e. The van der Waals surface area contributed by atoms with Gasteiger partial charge in [0.05, 0.1) is 5.41 Å². The Labute approximate surface area is 109 Å². The molecule has 1 N–H and O–H groups in total. The predicted molar refractivity (Wildman–Crippen MR) is 73.2 cm³/mol. The number of carbonyl (C=O) groups excluding carboxylic acids is 1. The summed E-state index contributed by atoms with van der Waals surface area (Å²) in [6.45, 7) is 3.59. The SMILES string of the molecule is CNCC1(C(=O)N(C)Cc2ccccc2C)CC1. The molecule has 0 unspecified atom stereocenters. The molecule has 0 aromatic heterocycles. The lowest BCUT2D eigenvalue weighted by molar-refractivity contribution is -0.136. The molecule has 1 aromatic rings. The van der Waals surface area contributed by atoms with E-state index < -0.39 is 0 Å². The highest BCUT2D eigenvalue weighted by molar-refractivity contribution is 5.85. The zero-order valence-corrected chi connectivity index (χ0v) is 11.5. The summed E-state index contributed by atoms with van der Waals surface area (Å²) in [5, 5.41) is 3.13. The largest absolute Gasteiger partial charge is 0.341 e. The lowest BCUT2D eigenvalue weighted by Crippen LogP contribution is -2.38. The number of benzene rings is 1. The lowest BCUT2D eigenvalue weighted by atomic mass is 10.0. The molecular formula is C15H22N2O. The highest BCUT2D eigenvalue weighted by Gasteiger charge is 2.50. The van der Waals surface area contributed by atoms with Gasteiger partial charge in [-0.3, -0.25) is 4.79 Å². The van der Waals surface area contributed by atoms with Crippen LogP contribution in [0.3, 0.4) is 0 Å². The maximum Gasteiger partial charge on any atom is 0.230 e. The zero-order chi connectivity index (χ0) is 13.2. The number of hydrogen-bond donors (Lipinski definition) is 1. The quantitative estimate of drug-likeness (QED) is 0.861. The van der Waals surface area contributed by atoms with Gasteiger partial charge in [-0.1, -0.05) is 24.3 Å². The maximum atomic E-state index is 12.4. The Hall–Kier alpha value is -1.35. The highest BCUT2D eigenvalue weighted by atomic mass is 16.2. The Balaban J connectivity index is 2.02. The van der Waals surface area contributed by atoms with Crippen LogP contribution in [0.25, 0.3) is 0 Å². The van der Waals surface area contributed by atoms with Gasteiger partial charge in [0.25, 0.3) is 0 Å². The Morgan fingerprint density at radius 3 is 2.61 bits per heavy atom. The van der Waals surface area contributed by atoms with Crippen molar-refractivity contribution in [2.75, 3.05) is 20.6 Å². The van der Waals surface area contributed by atoms with Gasteiger partial charge in [0.15, 0.2) is 0 Å². The van der Waals surface area contributed by atoms with E-state index in [2.05, 4.69) is 24.4 Å². The molecule has 0 spiro atoms. The van der Waals surface area contributed by atoms with Crippen molar-refractivity contribution in [3.05, 3.63) is 35.4 Å². The standard InChI is InChI=1S/C15H22N2O/c1-12-6-4-5-7-13(12)10-17(3)14(18)15(8-9-15)11-16-2/h4-7,16H,8-11H2,1-3H3. The van der Waals surface area contributed by atoms with Crippen LogP contribution in [0.1, 0.15) is 24.0 Å². The Kier molecular flexibility index (Phi) is 3.71. The molecule has 0 aliphatic heterocycles. The minimum Gasteiger partial charge on any atom is -0.341 e. The van der Waals surface area contributed by atoms with Crippen molar-refractivity contribution in [2.45, 2.75) is 26.3 Å². The minimum absolute atomic E-state index is 0.119. The number of rotatable bonds is 5. The summed E-state index contributed by atoms with van der Waals surface area (Å²) in [6, 6.07) is 8.25. The van der Waals surface area contributed by atoms with Crippen LogP contribution < -0.4 is 5.32 Å². The van der Waals surface area contributed by atoms with Crippen LogP contribution in [0, 0.1) is 12.3 Å². The molecule has 1 aliphatic carbocycles. The van der Waals surface area contributed by atoms with Crippen molar-refractivity contribution in [1.82, 2.24) is 10.2 Å². The zero-order valence-electron chi connectivity index (χ0n) is 11.5. The summed E-state index contributed by atoms with van der Waals surface area (Å²) in [4.78, 5) is 14.3. The molecule has 18 heavy (non-hydrogen) atoms. The van der Waals surface area contributed by atoms with Crippen molar-refractivity contribution in [1.29, 1.82) is 0 Å². The van der Waals surface area contributed by atoms with Crippen molar-refractivity contribution in [3.63, 3.8) is 0 Å². The third-order valence-electron chi connectivity index (χ3n) is 3.84. The van der Waals surface area contributed by atoms with E-state index in [0.29, 0.717) is 6.54 Å². The van der Waals surface area contributed by atoms with Crippen molar-refractivity contribution in [2.24, 2.45) is 5.41 Å². The van der Waals surface area contributed by atoms with Gasteiger partial charge in [-0.2, -0.15) is 0 Å². The molecule has 1 fully saturated rings. The second-order valence-corrected chi connectivity index (χ2v) is 5.40. The molecule has 2 rings (SSSR count). The van der Waals surface area contributed by atoms with Crippen molar-refractivity contribution < 1.29 is 4.79 Å². The summed E-state index contributed by atoms with van der Waals surface area (Å²) in [6.07, 6.45) is 2.04. The fourth-order valence-corrected chi connectivity index (χ4v) is 2.48. The number of nitrogens with zero attached hydrogens (tertiary/aromatic N) is 1. The molecule has 0 radical (unpaired) electrons. The van der Waals surface area contributed by atoms with Gasteiger partial charge in [0.1, 0.15) is 0 Å². The van der Waals surface area contributed by atoms with E-state index in [1.54, 1.807) is 0 Å². The average molecular weight is 246 g/mol. The molecule has 1 amide bonds. The first kappa shape index (κ1) is 13.1. The van der Waals surface area contributed by atoms with E-state index in [1.165, 1.54) is 11.1 Å². The second-order valence-electron chi connectivity index (χ2n) is 5.40. The van der Waals surface area contributed by atoms with E-state index in [9.17, 15) is 4.79 Å². The number of hydrogen-bond acceptors (Lipinski definition) is 2. The fourth-order valence-electron chi connectivity index (χ4n) is 2.48. The summed E-state index contributed by atoms with van der Waals surface area (Å²) >= 11 is 0. The van der Waals surface area contributed by atoms with Gasteiger partial charge in [-0.15, -0.1) is 0 Å². The molecule has 1 aliphatic rings. The first-order valence-corrected chi connectivity index (χ1v) is 6.54. The summed E-state index contributed by atoms with van der Waals surface area (Å²) in [7, 11) is 3.82. The van der Waals surface area contributed by atoms with Crippen molar-refractivity contribution >= 4 is 5.91 Å². The van der Waals surface area contributed by atoms with Crippen LogP contribution >= 0.6 is 0 Å². The highest BCUT2D eigenvalue weighted by Crippen LogP contribution is 2.46. The molecule has 1 aromatic carbocycles. The van der Waals surface area contributed by atoms with Crippen LogP contribution in [0.2, 0.25) is 0 Å². The van der Waals surface area contributed by atoms with Gasteiger partial charge < -0.3 is 10.2 Å². The number of carbonyl (C=O) groups is 1. The number of aryl methyl sites for hydroxylation is 1. The van der Waals surface area contributed by atoms with Crippen LogP contribution in [0.4, 0.5) is 0 Å². The summed E-state index contributed by atoms with van der Waals surface area (Å²) in [5.41, 5.74) is 2.36. The molecule has 0 heterocycles. The van der Waals surface area contributed by atoms with Gasteiger partial charge in [0, 0.05) is 20.1 Å². The van der Waals surface area contributed by atoms with Crippen LogP contribution in [0.5, 0.6) is 0 Å². The molecule has 0 atom stereocenters. The monoisotopic (exact) mass is 246 g/mol. The van der Waals surface area contributed by atoms with Crippen LogP contribution in [-0.4, -0.2) is 31.4 Å². The normalized spacial score (nSPS) is 16.4. The molecule has 1 saturated carbocycles. The topological polar surface area (TPSA) is 32.3 Å². The van der Waals surface area contributed by atoms with Gasteiger partial charge in [-0.25, -0.2) is 0 Å². The number of nitrogens with one attached hydrogen (secondary N) is 1. The Morgan fingerprint density at radius 1 is 1.39 bits per heavy atom. The maximum absolute atomic E-state index is 12.4. The molecular weight excluding hydrogens is 224 g/mol. The molecule has 0 saturated heterocycles.